The van der Waals surface area contributed by atoms with Crippen molar-refractivity contribution in [2.75, 3.05) is 13.2 Å². The van der Waals surface area contributed by atoms with Gasteiger partial charge in [0.25, 0.3) is 0 Å². The smallest absolute Gasteiger partial charge is 0.122 e. The average molecular weight is 421 g/mol. The fraction of sp³-hybridized carbons (Fsp3) is 0.346. The van der Waals surface area contributed by atoms with E-state index in [1.807, 2.05) is 37.3 Å². The molecule has 0 spiro atoms. The molecule has 0 unspecified atom stereocenters. The summed E-state index contributed by atoms with van der Waals surface area (Å²) in [5, 5.41) is 20.9. The van der Waals surface area contributed by atoms with E-state index in [0.29, 0.717) is 25.6 Å². The molecule has 0 aliphatic rings. The van der Waals surface area contributed by atoms with Crippen LogP contribution in [0.15, 0.2) is 66.9 Å². The van der Waals surface area contributed by atoms with Crippen molar-refractivity contribution >= 4 is 0 Å². The van der Waals surface area contributed by atoms with Gasteiger partial charge in [-0.25, -0.2) is 0 Å². The molecule has 1 aromatic heterocycles. The van der Waals surface area contributed by atoms with Crippen molar-refractivity contribution in [2.24, 2.45) is 0 Å². The number of para-hydroxylation sites is 1. The minimum Gasteiger partial charge on any atom is -0.508 e. The zero-order valence-electron chi connectivity index (χ0n) is 18.5. The van der Waals surface area contributed by atoms with E-state index in [2.05, 4.69) is 41.9 Å². The SMILES string of the molecule is Cc1ccc(C(C)C)cc1OC[C@H](O)CN(Cc1ccccn1)Cc1ccccc1O. The van der Waals surface area contributed by atoms with E-state index < -0.39 is 6.10 Å². The maximum absolute atomic E-state index is 10.7. The third kappa shape index (κ3) is 6.81. The van der Waals surface area contributed by atoms with E-state index >= 15 is 0 Å². The zero-order chi connectivity index (χ0) is 22.2. The Morgan fingerprint density at radius 2 is 1.77 bits per heavy atom. The van der Waals surface area contributed by atoms with Crippen LogP contribution in [0, 0.1) is 6.92 Å². The Hall–Kier alpha value is -2.89. The molecule has 31 heavy (non-hydrogen) atoms. The number of aliphatic hydroxyl groups excluding tert-OH is 1. The number of phenols is 1. The minimum absolute atomic E-state index is 0.196. The van der Waals surface area contributed by atoms with Crippen LogP contribution in [0.3, 0.4) is 0 Å². The van der Waals surface area contributed by atoms with E-state index in [1.165, 1.54) is 5.56 Å². The molecule has 164 valence electrons. The van der Waals surface area contributed by atoms with Crippen LogP contribution in [-0.2, 0) is 13.1 Å². The Morgan fingerprint density at radius 1 is 1.00 bits per heavy atom. The molecule has 0 aliphatic carbocycles. The molecule has 5 heteroatoms. The van der Waals surface area contributed by atoms with Crippen LogP contribution >= 0.6 is 0 Å². The van der Waals surface area contributed by atoms with Crippen LogP contribution in [0.25, 0.3) is 0 Å². The number of aliphatic hydroxyl groups is 1. The van der Waals surface area contributed by atoms with E-state index in [0.717, 1.165) is 22.6 Å². The van der Waals surface area contributed by atoms with Crippen molar-refractivity contribution in [2.45, 2.75) is 45.9 Å². The molecule has 3 rings (SSSR count). The Morgan fingerprint density at radius 3 is 2.48 bits per heavy atom. The van der Waals surface area contributed by atoms with E-state index in [1.54, 1.807) is 18.3 Å². The summed E-state index contributed by atoms with van der Waals surface area (Å²) in [6.07, 6.45) is 1.08. The van der Waals surface area contributed by atoms with Gasteiger partial charge < -0.3 is 14.9 Å². The number of aromatic hydroxyl groups is 1. The lowest BCUT2D eigenvalue weighted by atomic mass is 10.0. The summed E-state index contributed by atoms with van der Waals surface area (Å²) in [5.74, 6) is 1.47. The van der Waals surface area contributed by atoms with Crippen LogP contribution in [0.1, 0.15) is 42.1 Å². The highest BCUT2D eigenvalue weighted by molar-refractivity contribution is 5.37. The zero-order valence-corrected chi connectivity index (χ0v) is 18.5. The first-order valence-corrected chi connectivity index (χ1v) is 10.7. The minimum atomic E-state index is -0.684. The van der Waals surface area contributed by atoms with Gasteiger partial charge in [0.15, 0.2) is 0 Å². The van der Waals surface area contributed by atoms with E-state index in [-0.39, 0.29) is 12.4 Å². The fourth-order valence-corrected chi connectivity index (χ4v) is 3.46. The van der Waals surface area contributed by atoms with Crippen LogP contribution in [0.4, 0.5) is 0 Å². The van der Waals surface area contributed by atoms with Gasteiger partial charge in [-0.05, 0) is 48.2 Å². The highest BCUT2D eigenvalue weighted by atomic mass is 16.5. The normalized spacial score (nSPS) is 12.3. The lowest BCUT2D eigenvalue weighted by Gasteiger charge is -2.25. The average Bonchev–Trinajstić information content (AvgIpc) is 2.75. The number of aromatic nitrogens is 1. The molecule has 0 aliphatic heterocycles. The maximum atomic E-state index is 10.7. The van der Waals surface area contributed by atoms with Crippen molar-refractivity contribution in [1.29, 1.82) is 0 Å². The number of rotatable bonds is 10. The van der Waals surface area contributed by atoms with Crippen LogP contribution < -0.4 is 4.74 Å². The molecule has 0 saturated carbocycles. The lowest BCUT2D eigenvalue weighted by Crippen LogP contribution is -2.35. The molecule has 0 bridgehead atoms. The number of hydrogen-bond acceptors (Lipinski definition) is 5. The Bertz CT molecular complexity index is 960. The first-order chi connectivity index (χ1) is 14.9. The van der Waals surface area contributed by atoms with Gasteiger partial charge in [-0.15, -0.1) is 0 Å². The Kier molecular flexibility index (Phi) is 8.04. The highest BCUT2D eigenvalue weighted by Crippen LogP contribution is 2.24. The van der Waals surface area contributed by atoms with E-state index in [4.69, 9.17) is 4.74 Å². The molecule has 0 radical (unpaired) electrons. The van der Waals surface area contributed by atoms with Gasteiger partial charge in [0.1, 0.15) is 24.2 Å². The van der Waals surface area contributed by atoms with Crippen LogP contribution in [0.2, 0.25) is 0 Å². The summed E-state index contributed by atoms with van der Waals surface area (Å²) >= 11 is 0. The molecular weight excluding hydrogens is 388 g/mol. The number of hydrogen-bond donors (Lipinski definition) is 2. The molecule has 0 saturated heterocycles. The first-order valence-electron chi connectivity index (χ1n) is 10.7. The maximum Gasteiger partial charge on any atom is 0.122 e. The molecule has 0 amide bonds. The number of phenolic OH excluding ortho intramolecular Hbond substituents is 1. The summed E-state index contributed by atoms with van der Waals surface area (Å²) in [5.41, 5.74) is 3.99. The summed E-state index contributed by atoms with van der Waals surface area (Å²) < 4.78 is 5.97. The van der Waals surface area contributed by atoms with E-state index in [9.17, 15) is 10.2 Å². The van der Waals surface area contributed by atoms with Gasteiger partial charge >= 0.3 is 0 Å². The van der Waals surface area contributed by atoms with Gasteiger partial charge in [0, 0.05) is 31.4 Å². The molecular formula is C26H32N2O3. The van der Waals surface area contributed by atoms with Gasteiger partial charge in [-0.3, -0.25) is 9.88 Å². The molecule has 1 atom stereocenters. The number of ether oxygens (including phenoxy) is 1. The van der Waals surface area contributed by atoms with Crippen molar-refractivity contribution < 1.29 is 14.9 Å². The number of aryl methyl sites for hydroxylation is 1. The molecule has 3 aromatic rings. The van der Waals surface area contributed by atoms with Crippen molar-refractivity contribution in [3.05, 3.63) is 89.2 Å². The van der Waals surface area contributed by atoms with Gasteiger partial charge in [-0.2, -0.15) is 0 Å². The predicted octanol–water partition coefficient (Wildman–Crippen LogP) is 4.66. The number of pyridine rings is 1. The first kappa shape index (κ1) is 22.8. The molecule has 5 nitrogen and oxygen atoms in total. The fourth-order valence-electron chi connectivity index (χ4n) is 3.46. The quantitative estimate of drug-likeness (QED) is 0.499. The highest BCUT2D eigenvalue weighted by Gasteiger charge is 2.16. The second-order valence-electron chi connectivity index (χ2n) is 8.26. The predicted molar refractivity (Wildman–Crippen MR) is 123 cm³/mol. The van der Waals surface area contributed by atoms with Gasteiger partial charge in [0.05, 0.1) is 5.69 Å². The Balaban J connectivity index is 1.67. The number of benzene rings is 2. The summed E-state index contributed by atoms with van der Waals surface area (Å²) in [4.78, 5) is 6.48. The third-order valence-corrected chi connectivity index (χ3v) is 5.28. The van der Waals surface area contributed by atoms with Crippen LogP contribution in [0.5, 0.6) is 11.5 Å². The molecule has 0 fully saturated rings. The van der Waals surface area contributed by atoms with Gasteiger partial charge in [-0.1, -0.05) is 50.2 Å². The standard InChI is InChI=1S/C26H32N2O3/c1-19(2)21-12-11-20(3)26(14-21)31-18-24(29)17-28(16-23-9-6-7-13-27-23)15-22-8-4-5-10-25(22)30/h4-14,19,24,29-30H,15-18H2,1-3H3/t24-/m1/s1. The largest absolute Gasteiger partial charge is 0.508 e. The summed E-state index contributed by atoms with van der Waals surface area (Å²) in [6.45, 7) is 7.97. The topological polar surface area (TPSA) is 65.8 Å². The lowest BCUT2D eigenvalue weighted by molar-refractivity contribution is 0.0619. The molecule has 2 aromatic carbocycles. The second-order valence-corrected chi connectivity index (χ2v) is 8.26. The monoisotopic (exact) mass is 420 g/mol. The summed E-state index contributed by atoms with van der Waals surface area (Å²) in [7, 11) is 0. The Labute approximate surface area is 185 Å². The summed E-state index contributed by atoms with van der Waals surface area (Å²) in [6, 6.07) is 19.3. The number of nitrogens with zero attached hydrogens (tertiary/aromatic N) is 2. The van der Waals surface area contributed by atoms with Gasteiger partial charge in [0.2, 0.25) is 0 Å². The van der Waals surface area contributed by atoms with Crippen molar-refractivity contribution in [1.82, 2.24) is 9.88 Å². The molecule has 1 heterocycles. The van der Waals surface area contributed by atoms with Crippen molar-refractivity contribution in [3.8, 4) is 11.5 Å². The second kappa shape index (κ2) is 10.9. The van der Waals surface area contributed by atoms with Crippen LogP contribution in [-0.4, -0.2) is 39.4 Å². The van der Waals surface area contributed by atoms with Crippen molar-refractivity contribution in [3.63, 3.8) is 0 Å². The molecule has 2 N–H and O–H groups in total. The third-order valence-electron chi connectivity index (χ3n) is 5.28.